The standard InChI is InChI=1S/C20H15ClF3N7O2S/c1-9(29-18(33)15-11-6-28-31(2)16(11)27-8-26-15)19-25-7-14(34-19)17(32)30-10-3-4-13(21)12(5-10)20(22,23)24/h3-9H,1-2H3,(H,29,33)(H,30,32). The van der Waals surface area contributed by atoms with Gasteiger partial charge < -0.3 is 10.6 Å². The Morgan fingerprint density at radius 2 is 1.91 bits per heavy atom. The molecule has 9 nitrogen and oxygen atoms in total. The minimum absolute atomic E-state index is 0.0673. The molecule has 2 N–H and O–H groups in total. The van der Waals surface area contributed by atoms with E-state index in [0.29, 0.717) is 16.0 Å². The van der Waals surface area contributed by atoms with Crippen molar-refractivity contribution < 1.29 is 22.8 Å². The van der Waals surface area contributed by atoms with Crippen molar-refractivity contribution in [1.29, 1.82) is 0 Å². The number of nitrogens with zero attached hydrogens (tertiary/aromatic N) is 5. The Labute approximate surface area is 199 Å². The Morgan fingerprint density at radius 1 is 1.15 bits per heavy atom. The summed E-state index contributed by atoms with van der Waals surface area (Å²) in [5.74, 6) is -1.12. The fraction of sp³-hybridized carbons (Fsp3) is 0.200. The van der Waals surface area contributed by atoms with Crippen molar-refractivity contribution in [3.8, 4) is 0 Å². The Morgan fingerprint density at radius 3 is 2.65 bits per heavy atom. The number of fused-ring (bicyclic) bond motifs is 1. The number of hydrogen-bond acceptors (Lipinski definition) is 7. The number of halogens is 4. The van der Waals surface area contributed by atoms with Crippen LogP contribution >= 0.6 is 22.9 Å². The first-order valence-electron chi connectivity index (χ1n) is 9.62. The first-order chi connectivity index (χ1) is 16.0. The molecule has 3 aromatic heterocycles. The number of amides is 2. The number of nitrogens with one attached hydrogen (secondary N) is 2. The van der Waals surface area contributed by atoms with Crippen LogP contribution in [0.1, 0.15) is 43.7 Å². The van der Waals surface area contributed by atoms with Gasteiger partial charge in [0.15, 0.2) is 5.65 Å². The highest BCUT2D eigenvalue weighted by Crippen LogP contribution is 2.36. The predicted octanol–water partition coefficient (Wildman–Crippen LogP) is 4.24. The van der Waals surface area contributed by atoms with E-state index < -0.39 is 34.6 Å². The molecule has 0 bridgehead atoms. The van der Waals surface area contributed by atoms with Gasteiger partial charge in [-0.25, -0.2) is 15.0 Å². The van der Waals surface area contributed by atoms with E-state index in [0.717, 1.165) is 23.5 Å². The molecule has 0 aliphatic rings. The molecule has 3 heterocycles. The lowest BCUT2D eigenvalue weighted by atomic mass is 10.2. The van der Waals surface area contributed by atoms with Gasteiger partial charge in [0.25, 0.3) is 11.8 Å². The van der Waals surface area contributed by atoms with Crippen LogP contribution in [0.25, 0.3) is 11.0 Å². The molecular formula is C20H15ClF3N7O2S. The second-order valence-electron chi connectivity index (χ2n) is 7.13. The maximum absolute atomic E-state index is 13.0. The van der Waals surface area contributed by atoms with Crippen molar-refractivity contribution in [1.82, 2.24) is 30.0 Å². The molecule has 1 atom stereocenters. The number of aromatic nitrogens is 5. The third-order valence-electron chi connectivity index (χ3n) is 4.74. The maximum atomic E-state index is 13.0. The minimum Gasteiger partial charge on any atom is -0.342 e. The van der Waals surface area contributed by atoms with Crippen LogP contribution in [0.3, 0.4) is 0 Å². The quantitative estimate of drug-likeness (QED) is 0.416. The van der Waals surface area contributed by atoms with E-state index >= 15 is 0 Å². The monoisotopic (exact) mass is 509 g/mol. The van der Waals surface area contributed by atoms with Gasteiger partial charge in [0.05, 0.1) is 34.4 Å². The van der Waals surface area contributed by atoms with Gasteiger partial charge in [-0.2, -0.15) is 18.3 Å². The predicted molar refractivity (Wildman–Crippen MR) is 119 cm³/mol. The lowest BCUT2D eigenvalue weighted by Gasteiger charge is -2.11. The molecule has 4 rings (SSSR count). The molecule has 4 aromatic rings. The number of hydrogen-bond donors (Lipinski definition) is 2. The number of carbonyl (C=O) groups is 2. The summed E-state index contributed by atoms with van der Waals surface area (Å²) in [6, 6.07) is 2.50. The van der Waals surface area contributed by atoms with Crippen molar-refractivity contribution in [2.45, 2.75) is 19.1 Å². The van der Waals surface area contributed by atoms with E-state index in [1.807, 2.05) is 0 Å². The van der Waals surface area contributed by atoms with E-state index in [1.165, 1.54) is 29.5 Å². The molecule has 1 unspecified atom stereocenters. The molecule has 0 saturated heterocycles. The summed E-state index contributed by atoms with van der Waals surface area (Å²) in [5, 5.41) is 9.65. The molecule has 0 saturated carbocycles. The topological polar surface area (TPSA) is 115 Å². The van der Waals surface area contributed by atoms with Crippen LogP contribution in [0.5, 0.6) is 0 Å². The molecule has 0 aliphatic carbocycles. The Bertz CT molecular complexity index is 1400. The van der Waals surface area contributed by atoms with Crippen molar-refractivity contribution in [3.63, 3.8) is 0 Å². The Balaban J connectivity index is 1.46. The van der Waals surface area contributed by atoms with Gasteiger partial charge in [-0.1, -0.05) is 11.6 Å². The highest BCUT2D eigenvalue weighted by molar-refractivity contribution is 7.13. The third-order valence-corrected chi connectivity index (χ3v) is 6.25. The molecule has 2 amide bonds. The van der Waals surface area contributed by atoms with Gasteiger partial charge in [-0.3, -0.25) is 14.3 Å². The summed E-state index contributed by atoms with van der Waals surface area (Å²) in [6.07, 6.45) is -0.630. The second kappa shape index (κ2) is 8.99. The number of rotatable bonds is 5. The average molecular weight is 510 g/mol. The van der Waals surface area contributed by atoms with E-state index in [9.17, 15) is 22.8 Å². The zero-order valence-corrected chi connectivity index (χ0v) is 19.1. The van der Waals surface area contributed by atoms with Crippen LogP contribution in [-0.2, 0) is 13.2 Å². The number of aryl methyl sites for hydroxylation is 1. The van der Waals surface area contributed by atoms with Crippen LogP contribution in [0.15, 0.2) is 36.9 Å². The van der Waals surface area contributed by atoms with Gasteiger partial charge >= 0.3 is 6.18 Å². The van der Waals surface area contributed by atoms with E-state index in [-0.39, 0.29) is 16.3 Å². The zero-order chi connectivity index (χ0) is 24.6. The van der Waals surface area contributed by atoms with Gasteiger partial charge in [-0.15, -0.1) is 11.3 Å². The number of anilines is 1. The highest BCUT2D eigenvalue weighted by Gasteiger charge is 2.33. The smallest absolute Gasteiger partial charge is 0.342 e. The summed E-state index contributed by atoms with van der Waals surface area (Å²) in [5.41, 5.74) is -0.484. The summed E-state index contributed by atoms with van der Waals surface area (Å²) in [4.78, 5) is 37.7. The Hall–Kier alpha value is -3.58. The summed E-state index contributed by atoms with van der Waals surface area (Å²) in [6.45, 7) is 1.68. The molecule has 0 aliphatic heterocycles. The molecule has 1 aromatic carbocycles. The molecular weight excluding hydrogens is 495 g/mol. The largest absolute Gasteiger partial charge is 0.417 e. The lowest BCUT2D eigenvalue weighted by Crippen LogP contribution is -2.27. The summed E-state index contributed by atoms with van der Waals surface area (Å²) >= 11 is 6.59. The number of thiazole rings is 1. The zero-order valence-electron chi connectivity index (χ0n) is 17.5. The molecule has 0 fully saturated rings. The summed E-state index contributed by atoms with van der Waals surface area (Å²) < 4.78 is 40.6. The van der Waals surface area contributed by atoms with Crippen LogP contribution in [0.2, 0.25) is 5.02 Å². The molecule has 0 spiro atoms. The second-order valence-corrected chi connectivity index (χ2v) is 8.60. The SMILES string of the molecule is CC(NC(=O)c1ncnc2c1cnn2C)c1ncc(C(=O)Nc2ccc(Cl)c(C(F)(F)F)c2)s1. The van der Waals surface area contributed by atoms with E-state index in [2.05, 4.69) is 30.7 Å². The van der Waals surface area contributed by atoms with Crippen LogP contribution in [-0.4, -0.2) is 36.5 Å². The number of alkyl halides is 3. The molecule has 34 heavy (non-hydrogen) atoms. The number of benzene rings is 1. The van der Waals surface area contributed by atoms with Crippen LogP contribution < -0.4 is 10.6 Å². The van der Waals surface area contributed by atoms with Gasteiger partial charge in [0.2, 0.25) is 0 Å². The maximum Gasteiger partial charge on any atom is 0.417 e. The average Bonchev–Trinajstić information content (AvgIpc) is 3.42. The van der Waals surface area contributed by atoms with E-state index in [4.69, 9.17) is 11.6 Å². The fourth-order valence-corrected chi connectivity index (χ4v) is 4.12. The van der Waals surface area contributed by atoms with Gasteiger partial charge in [0.1, 0.15) is 21.9 Å². The molecule has 14 heteroatoms. The van der Waals surface area contributed by atoms with E-state index in [1.54, 1.807) is 14.0 Å². The molecule has 0 radical (unpaired) electrons. The van der Waals surface area contributed by atoms with Crippen molar-refractivity contribution in [2.75, 3.05) is 5.32 Å². The number of carbonyl (C=O) groups excluding carboxylic acids is 2. The van der Waals surface area contributed by atoms with Crippen molar-refractivity contribution in [2.24, 2.45) is 7.05 Å². The van der Waals surface area contributed by atoms with Gasteiger partial charge in [-0.05, 0) is 25.1 Å². The van der Waals surface area contributed by atoms with Crippen molar-refractivity contribution in [3.05, 3.63) is 63.1 Å². The fourth-order valence-electron chi connectivity index (χ4n) is 3.08. The highest BCUT2D eigenvalue weighted by atomic mass is 35.5. The van der Waals surface area contributed by atoms with Crippen LogP contribution in [0.4, 0.5) is 18.9 Å². The Kier molecular flexibility index (Phi) is 6.23. The first kappa shape index (κ1) is 23.6. The lowest BCUT2D eigenvalue weighted by molar-refractivity contribution is -0.137. The van der Waals surface area contributed by atoms with Crippen LogP contribution in [0, 0.1) is 0 Å². The third kappa shape index (κ3) is 4.70. The minimum atomic E-state index is -4.66. The molecule has 176 valence electrons. The van der Waals surface area contributed by atoms with Gasteiger partial charge in [0, 0.05) is 12.7 Å². The van der Waals surface area contributed by atoms with Crippen molar-refractivity contribution >= 4 is 51.5 Å². The first-order valence-corrected chi connectivity index (χ1v) is 10.8. The normalized spacial score (nSPS) is 12.5. The summed E-state index contributed by atoms with van der Waals surface area (Å²) in [7, 11) is 1.69.